The first-order valence-corrected chi connectivity index (χ1v) is 16.0. The van der Waals surface area contributed by atoms with Gasteiger partial charge in [-0.3, -0.25) is 0 Å². The van der Waals surface area contributed by atoms with E-state index in [4.69, 9.17) is 0 Å². The van der Waals surface area contributed by atoms with Crippen molar-refractivity contribution in [3.63, 3.8) is 0 Å². The maximum atomic E-state index is 13.8. The lowest BCUT2D eigenvalue weighted by molar-refractivity contribution is -0.0500. The molecule has 3 rings (SSSR count). The first-order chi connectivity index (χ1) is 18.1. The maximum absolute atomic E-state index is 13.8. The van der Waals surface area contributed by atoms with Gasteiger partial charge >= 0.3 is 15.6 Å². The summed E-state index contributed by atoms with van der Waals surface area (Å²) in [6.45, 7) is 3.95. The van der Waals surface area contributed by atoms with Crippen LogP contribution in [0.4, 0.5) is 18.9 Å². The Kier molecular flexibility index (Phi) is 9.33. The molecule has 0 spiro atoms. The number of benzene rings is 2. The highest BCUT2D eigenvalue weighted by atomic mass is 32.2. The fourth-order valence-electron chi connectivity index (χ4n) is 5.32. The minimum atomic E-state index is -5.93. The number of sulfone groups is 1. The molecule has 12 heteroatoms. The number of fused-ring (bicyclic) bond motifs is 1. The predicted octanol–water partition coefficient (Wildman–Crippen LogP) is 5.63. The summed E-state index contributed by atoms with van der Waals surface area (Å²) in [6.07, 6.45) is 2.56. The molecule has 1 aliphatic heterocycles. The number of halogens is 3. The first-order valence-electron chi connectivity index (χ1n) is 12.9. The molecule has 0 radical (unpaired) electrons. The average molecular weight is 592 g/mol. The molecular weight excluding hydrogens is 555 g/mol. The van der Waals surface area contributed by atoms with Crippen molar-refractivity contribution in [1.29, 1.82) is 0 Å². The predicted molar refractivity (Wildman–Crippen MR) is 144 cm³/mol. The fraction of sp³-hybridized carbons (Fsp3) is 0.556. The number of nitrogens with zero attached hydrogens (tertiary/aromatic N) is 1. The van der Waals surface area contributed by atoms with Crippen LogP contribution in [0.3, 0.4) is 0 Å². The van der Waals surface area contributed by atoms with Crippen LogP contribution in [-0.4, -0.2) is 53.4 Å². The molecule has 0 amide bonds. The van der Waals surface area contributed by atoms with Crippen LogP contribution in [-0.2, 0) is 20.0 Å². The van der Waals surface area contributed by atoms with Crippen LogP contribution >= 0.6 is 0 Å². The molecule has 0 unspecified atom stereocenters. The zero-order valence-electron chi connectivity index (χ0n) is 22.5. The Morgan fingerprint density at radius 1 is 1.05 bits per heavy atom. The zero-order chi connectivity index (χ0) is 29.2. The summed E-state index contributed by atoms with van der Waals surface area (Å²) in [7, 11) is -6.25. The number of alkyl halides is 3. The van der Waals surface area contributed by atoms with Gasteiger partial charge in [0.05, 0.1) is 16.8 Å². The van der Waals surface area contributed by atoms with Gasteiger partial charge in [-0.2, -0.15) is 21.6 Å². The van der Waals surface area contributed by atoms with Gasteiger partial charge < -0.3 is 14.2 Å². The Balaban J connectivity index is 2.30. The summed E-state index contributed by atoms with van der Waals surface area (Å²) in [4.78, 5) is 1.82. The van der Waals surface area contributed by atoms with Gasteiger partial charge in [0.2, 0.25) is 0 Å². The molecule has 0 saturated heterocycles. The van der Waals surface area contributed by atoms with Crippen LogP contribution in [0.25, 0.3) is 0 Å². The molecule has 0 fully saturated rings. The van der Waals surface area contributed by atoms with Gasteiger partial charge in [-0.05, 0) is 54.3 Å². The van der Waals surface area contributed by atoms with Crippen LogP contribution in [0, 0.1) is 5.41 Å². The van der Waals surface area contributed by atoms with Crippen molar-refractivity contribution in [2.75, 3.05) is 24.7 Å². The molecule has 0 aliphatic carbocycles. The highest BCUT2D eigenvalue weighted by Crippen LogP contribution is 2.50. The fourth-order valence-corrected chi connectivity index (χ4v) is 7.97. The van der Waals surface area contributed by atoms with Gasteiger partial charge in [-0.25, -0.2) is 8.42 Å². The number of aliphatic hydroxyl groups excluding tert-OH is 1. The lowest BCUT2D eigenvalue weighted by atomic mass is 9.68. The molecule has 0 aromatic heterocycles. The first kappa shape index (κ1) is 31.2. The van der Waals surface area contributed by atoms with E-state index in [0.717, 1.165) is 25.0 Å². The molecule has 1 N–H and O–H groups in total. The summed E-state index contributed by atoms with van der Waals surface area (Å²) >= 11 is 0. The summed E-state index contributed by atoms with van der Waals surface area (Å²) in [5, 5.41) is 12.1. The molecule has 2 aromatic carbocycles. The second kappa shape index (κ2) is 11.7. The highest BCUT2D eigenvalue weighted by Gasteiger charge is 2.50. The molecule has 218 valence electrons. The molecular formula is C27H36F3NO6S2. The molecule has 2 aromatic rings. The van der Waals surface area contributed by atoms with E-state index < -0.39 is 48.7 Å². The van der Waals surface area contributed by atoms with Gasteiger partial charge in [0.1, 0.15) is 5.75 Å². The van der Waals surface area contributed by atoms with Crippen molar-refractivity contribution in [2.45, 2.75) is 74.8 Å². The lowest BCUT2D eigenvalue weighted by Gasteiger charge is -2.40. The number of hydrogen-bond donors (Lipinski definition) is 1. The quantitative estimate of drug-likeness (QED) is 0.282. The van der Waals surface area contributed by atoms with Gasteiger partial charge in [0.25, 0.3) is 0 Å². The number of hydrogen-bond acceptors (Lipinski definition) is 7. The largest absolute Gasteiger partial charge is 0.534 e. The van der Waals surface area contributed by atoms with Gasteiger partial charge in [-0.15, -0.1) is 0 Å². The molecule has 39 heavy (non-hydrogen) atoms. The minimum Gasteiger partial charge on any atom is -0.392 e. The third kappa shape index (κ3) is 6.54. The van der Waals surface area contributed by atoms with Crippen molar-refractivity contribution >= 4 is 25.6 Å². The number of unbranched alkanes of at least 4 members (excludes halogenated alkanes) is 2. The van der Waals surface area contributed by atoms with Crippen molar-refractivity contribution in [2.24, 2.45) is 5.41 Å². The molecule has 1 aliphatic rings. The highest BCUT2D eigenvalue weighted by molar-refractivity contribution is 7.91. The van der Waals surface area contributed by atoms with Crippen LogP contribution in [0.5, 0.6) is 5.75 Å². The normalized spacial score (nSPS) is 20.6. The molecule has 1 heterocycles. The number of aliphatic hydroxyl groups is 1. The van der Waals surface area contributed by atoms with E-state index in [0.29, 0.717) is 36.9 Å². The third-order valence-electron chi connectivity index (χ3n) is 7.36. The SMILES string of the molecule is CCCCC1(CCCC)CS(=O)(=O)c2ccc(N(C)C)cc2[C@@H](c2cccc(OS(=O)(=O)C(F)(F)F)c2)[C@H]1O. The molecule has 2 atom stereocenters. The van der Waals surface area contributed by atoms with E-state index in [1.54, 1.807) is 31.1 Å². The Hall–Kier alpha value is -2.31. The smallest absolute Gasteiger partial charge is 0.392 e. The Bertz CT molecular complexity index is 1370. The summed E-state index contributed by atoms with van der Waals surface area (Å²) in [6, 6.07) is 9.91. The zero-order valence-corrected chi connectivity index (χ0v) is 24.2. The van der Waals surface area contributed by atoms with Crippen LogP contribution < -0.4 is 9.08 Å². The van der Waals surface area contributed by atoms with Crippen molar-refractivity contribution in [3.05, 3.63) is 53.6 Å². The van der Waals surface area contributed by atoms with Crippen LogP contribution in [0.15, 0.2) is 47.4 Å². The van der Waals surface area contributed by atoms with Crippen molar-refractivity contribution in [3.8, 4) is 5.75 Å². The summed E-state index contributed by atoms with van der Waals surface area (Å²) < 4.78 is 94.5. The van der Waals surface area contributed by atoms with E-state index in [2.05, 4.69) is 4.18 Å². The summed E-state index contributed by atoms with van der Waals surface area (Å²) in [5.74, 6) is -1.82. The molecule has 0 saturated carbocycles. The maximum Gasteiger partial charge on any atom is 0.534 e. The van der Waals surface area contributed by atoms with E-state index in [9.17, 15) is 35.1 Å². The monoisotopic (exact) mass is 591 g/mol. The number of anilines is 1. The van der Waals surface area contributed by atoms with E-state index in [1.807, 2.05) is 13.8 Å². The van der Waals surface area contributed by atoms with E-state index in [-0.39, 0.29) is 16.2 Å². The van der Waals surface area contributed by atoms with E-state index >= 15 is 0 Å². The van der Waals surface area contributed by atoms with Gasteiger partial charge in [0.15, 0.2) is 9.84 Å². The standard InChI is InChI=1S/C27H36F3NO6S2/c1-5-7-14-26(15-8-6-2)18-38(33,34)23-13-12-20(31(3)4)17-22(23)24(25(26)32)19-10-9-11-21(16-19)37-39(35,36)27(28,29)30/h9-13,16-17,24-25,32H,5-8,14-15,18H2,1-4H3/t24-,25-/m1/s1. The molecule has 7 nitrogen and oxygen atoms in total. The molecule has 0 bridgehead atoms. The average Bonchev–Trinajstić information content (AvgIpc) is 2.91. The van der Waals surface area contributed by atoms with Crippen molar-refractivity contribution < 1.29 is 39.3 Å². The lowest BCUT2D eigenvalue weighted by Crippen LogP contribution is -2.43. The Morgan fingerprint density at radius 3 is 2.21 bits per heavy atom. The Labute approximate surface area is 229 Å². The third-order valence-corrected chi connectivity index (χ3v) is 10.3. The van der Waals surface area contributed by atoms with Crippen LogP contribution in [0.2, 0.25) is 0 Å². The number of rotatable bonds is 10. The summed E-state index contributed by atoms with van der Waals surface area (Å²) in [5.41, 5.74) is -5.42. The second-order valence-corrected chi connectivity index (χ2v) is 13.9. The van der Waals surface area contributed by atoms with Crippen LogP contribution in [0.1, 0.15) is 69.4 Å². The van der Waals surface area contributed by atoms with Crippen molar-refractivity contribution in [1.82, 2.24) is 0 Å². The minimum absolute atomic E-state index is 0.0428. The van der Waals surface area contributed by atoms with E-state index in [1.165, 1.54) is 18.2 Å². The second-order valence-electron chi connectivity index (χ2n) is 10.4. The van der Waals surface area contributed by atoms with Gasteiger partial charge in [-0.1, -0.05) is 51.7 Å². The topological polar surface area (TPSA) is 101 Å². The van der Waals surface area contributed by atoms with Gasteiger partial charge in [0, 0.05) is 31.1 Å². The Morgan fingerprint density at radius 2 is 1.67 bits per heavy atom.